The Kier molecular flexibility index (Phi) is 7.71. The van der Waals surface area contributed by atoms with Gasteiger partial charge in [0.05, 0.1) is 23.9 Å². The average Bonchev–Trinajstić information content (AvgIpc) is 3.79. The number of aromatic amines is 1. The number of halogens is 3. The molecule has 2 aromatic heterocycles. The van der Waals surface area contributed by atoms with E-state index in [4.69, 9.17) is 19.4 Å². The molecular weight excluding hydrogens is 659 g/mol. The van der Waals surface area contributed by atoms with Crippen molar-refractivity contribution in [1.82, 2.24) is 25.1 Å². The highest BCUT2D eigenvalue weighted by molar-refractivity contribution is 6.06. The number of alkyl halides is 3. The van der Waals surface area contributed by atoms with Gasteiger partial charge >= 0.3 is 6.18 Å². The predicted octanol–water partition coefficient (Wildman–Crippen LogP) is 6.67. The number of fused-ring (bicyclic) bond motifs is 2. The van der Waals surface area contributed by atoms with Gasteiger partial charge in [0.25, 0.3) is 0 Å². The van der Waals surface area contributed by atoms with Gasteiger partial charge in [0.2, 0.25) is 11.9 Å². The van der Waals surface area contributed by atoms with Gasteiger partial charge in [-0.25, -0.2) is 4.98 Å². The second-order valence-electron chi connectivity index (χ2n) is 15.3. The van der Waals surface area contributed by atoms with Crippen LogP contribution in [0.15, 0.2) is 37.1 Å². The van der Waals surface area contributed by atoms with E-state index < -0.39 is 12.8 Å². The van der Waals surface area contributed by atoms with Crippen molar-refractivity contribution in [2.45, 2.75) is 76.2 Å². The molecule has 1 spiro atoms. The number of likely N-dealkylation sites (tertiary alicyclic amines) is 1. The summed E-state index contributed by atoms with van der Waals surface area (Å²) in [7, 11) is 0. The lowest BCUT2D eigenvalue weighted by Crippen LogP contribution is -2.61. The first-order chi connectivity index (χ1) is 24.6. The molecule has 2 aliphatic carbocycles. The molecule has 9 rings (SSSR count). The summed E-state index contributed by atoms with van der Waals surface area (Å²) in [5.41, 5.74) is 4.58. The van der Waals surface area contributed by atoms with Crippen molar-refractivity contribution in [3.63, 3.8) is 0 Å². The van der Waals surface area contributed by atoms with Crippen LogP contribution in [0.2, 0.25) is 0 Å². The van der Waals surface area contributed by atoms with E-state index >= 15 is 0 Å². The van der Waals surface area contributed by atoms with Gasteiger partial charge in [-0.1, -0.05) is 12.6 Å². The number of nitrogens with zero attached hydrogens (tertiary/aromatic N) is 6. The highest BCUT2D eigenvalue weighted by Crippen LogP contribution is 2.53. The van der Waals surface area contributed by atoms with Crippen LogP contribution in [0.4, 0.5) is 24.9 Å². The molecule has 5 heterocycles. The van der Waals surface area contributed by atoms with Crippen LogP contribution >= 0.6 is 0 Å². The lowest BCUT2D eigenvalue weighted by Gasteiger charge is -2.54. The summed E-state index contributed by atoms with van der Waals surface area (Å²) in [4.78, 5) is 28.6. The zero-order valence-electron chi connectivity index (χ0n) is 28.8. The van der Waals surface area contributed by atoms with Crippen molar-refractivity contribution in [3.8, 4) is 16.9 Å². The van der Waals surface area contributed by atoms with Crippen molar-refractivity contribution in [2.75, 3.05) is 55.7 Å². The molecule has 2 aromatic carbocycles. The third-order valence-electron chi connectivity index (χ3n) is 11.7. The standard InChI is InChI=1S/C38H42F3N7O3/c1-3-30(49)48-19-37(20-48)11-13-46(14-12-37)35-27-15-26(23-8-9-23)32(31-22(2)7-10-29-28(31)16-42-45-29)34(50-21-38(39,40)41)33(27)43-36(44-35)47-17-25(18-47)51-24-5-4-6-24/h3,7,10,15-16,23-25H,1,4-6,8-9,11-14,17-21H2,2H3,(H,42,45). The zero-order chi connectivity index (χ0) is 35.1. The molecule has 51 heavy (non-hydrogen) atoms. The second kappa shape index (κ2) is 12.1. The largest absolute Gasteiger partial charge is 0.481 e. The maximum atomic E-state index is 14.0. The molecule has 5 aliphatic rings. The number of hydrogen-bond acceptors (Lipinski definition) is 8. The van der Waals surface area contributed by atoms with Gasteiger partial charge in [0.1, 0.15) is 11.3 Å². The van der Waals surface area contributed by atoms with E-state index in [-0.39, 0.29) is 29.1 Å². The van der Waals surface area contributed by atoms with Crippen LogP contribution in [-0.4, -0.2) is 95.2 Å². The SMILES string of the molecule is C=CC(=O)N1CC2(CCN(c3nc(N4CC(OC5CCC5)C4)nc4c(OCC(F)(F)F)c(-c5c(C)ccc6[nH]ncc56)c(C5CC5)cc34)CC2)C1. The minimum atomic E-state index is -4.55. The summed E-state index contributed by atoms with van der Waals surface area (Å²) in [6.45, 7) is 8.25. The van der Waals surface area contributed by atoms with Gasteiger partial charge in [0.15, 0.2) is 12.4 Å². The monoisotopic (exact) mass is 701 g/mol. The number of amides is 1. The fourth-order valence-corrected chi connectivity index (χ4v) is 8.36. The summed E-state index contributed by atoms with van der Waals surface area (Å²) in [6, 6.07) is 6.03. The number of piperidine rings is 1. The van der Waals surface area contributed by atoms with Crippen LogP contribution in [0.3, 0.4) is 0 Å². The zero-order valence-corrected chi connectivity index (χ0v) is 28.8. The summed E-state index contributed by atoms with van der Waals surface area (Å²) in [6.07, 6.45) is 5.91. The Morgan fingerprint density at radius 1 is 1.04 bits per heavy atom. The van der Waals surface area contributed by atoms with Gasteiger partial charge in [-0.15, -0.1) is 0 Å². The van der Waals surface area contributed by atoms with Crippen LogP contribution in [0.5, 0.6) is 5.75 Å². The number of H-pyrrole nitrogens is 1. The number of anilines is 2. The van der Waals surface area contributed by atoms with E-state index in [0.29, 0.717) is 67.8 Å². The van der Waals surface area contributed by atoms with E-state index in [1.807, 2.05) is 24.0 Å². The molecular formula is C38H42F3N7O3. The number of nitrogens with one attached hydrogen (secondary N) is 1. The van der Waals surface area contributed by atoms with Crippen LogP contribution in [0.25, 0.3) is 32.9 Å². The second-order valence-corrected chi connectivity index (χ2v) is 15.3. The predicted molar refractivity (Wildman–Crippen MR) is 188 cm³/mol. The first-order valence-electron chi connectivity index (χ1n) is 18.2. The quantitative estimate of drug-likeness (QED) is 0.193. The Balaban J connectivity index is 1.18. The molecule has 0 radical (unpaired) electrons. The van der Waals surface area contributed by atoms with Crippen LogP contribution in [0.1, 0.15) is 62.0 Å². The molecule has 13 heteroatoms. The Bertz CT molecular complexity index is 2020. The first kappa shape index (κ1) is 32.5. The Morgan fingerprint density at radius 3 is 2.47 bits per heavy atom. The lowest BCUT2D eigenvalue weighted by atomic mass is 9.72. The fourth-order valence-electron chi connectivity index (χ4n) is 8.36. The molecule has 0 unspecified atom stereocenters. The van der Waals surface area contributed by atoms with Crippen LogP contribution in [0, 0.1) is 12.3 Å². The maximum Gasteiger partial charge on any atom is 0.422 e. The number of hydrogen-bond donors (Lipinski definition) is 1. The topological polar surface area (TPSA) is 99.7 Å². The van der Waals surface area contributed by atoms with Crippen molar-refractivity contribution in [2.24, 2.45) is 5.41 Å². The van der Waals surface area contributed by atoms with Gasteiger partial charge < -0.3 is 24.2 Å². The Hall–Kier alpha value is -4.39. The van der Waals surface area contributed by atoms with E-state index in [2.05, 4.69) is 32.6 Å². The summed E-state index contributed by atoms with van der Waals surface area (Å²) >= 11 is 0. The summed E-state index contributed by atoms with van der Waals surface area (Å²) in [5, 5.41) is 8.85. The van der Waals surface area contributed by atoms with E-state index in [1.165, 1.54) is 12.5 Å². The molecule has 1 N–H and O–H groups in total. The molecule has 268 valence electrons. The molecule has 3 saturated heterocycles. The van der Waals surface area contributed by atoms with Crippen LogP contribution < -0.4 is 14.5 Å². The van der Waals surface area contributed by atoms with E-state index in [1.54, 1.807) is 6.20 Å². The molecule has 3 aliphatic heterocycles. The normalized spacial score (nSPS) is 20.8. The number of aryl methyl sites for hydroxylation is 1. The lowest BCUT2D eigenvalue weighted by molar-refractivity contribution is -0.153. The first-order valence-corrected chi connectivity index (χ1v) is 18.2. The fraction of sp³-hybridized carbons (Fsp3) is 0.526. The van der Waals surface area contributed by atoms with Crippen molar-refractivity contribution in [1.29, 1.82) is 0 Å². The highest BCUT2D eigenvalue weighted by Gasteiger charge is 2.47. The number of rotatable bonds is 9. The van der Waals surface area contributed by atoms with Crippen LogP contribution in [-0.2, 0) is 9.53 Å². The third kappa shape index (κ3) is 5.87. The number of carbonyl (C=O) groups excluding carboxylic acids is 1. The minimum absolute atomic E-state index is 0.0419. The Morgan fingerprint density at radius 2 is 1.80 bits per heavy atom. The summed E-state index contributed by atoms with van der Waals surface area (Å²) < 4.78 is 54.3. The van der Waals surface area contributed by atoms with Crippen molar-refractivity contribution >= 4 is 39.5 Å². The molecule has 1 amide bonds. The van der Waals surface area contributed by atoms with E-state index in [0.717, 1.165) is 71.9 Å². The average molecular weight is 702 g/mol. The van der Waals surface area contributed by atoms with Crippen molar-refractivity contribution in [3.05, 3.63) is 48.2 Å². The smallest absolute Gasteiger partial charge is 0.422 e. The Labute approximate surface area is 294 Å². The molecule has 4 aromatic rings. The number of benzene rings is 2. The molecule has 10 nitrogen and oxygen atoms in total. The summed E-state index contributed by atoms with van der Waals surface area (Å²) in [5.74, 6) is 1.47. The number of carbonyl (C=O) groups is 1. The number of aromatic nitrogens is 4. The highest BCUT2D eigenvalue weighted by atomic mass is 19.4. The molecule has 2 saturated carbocycles. The molecule has 0 atom stereocenters. The third-order valence-corrected chi connectivity index (χ3v) is 11.7. The number of ether oxygens (including phenoxy) is 2. The van der Waals surface area contributed by atoms with E-state index in [9.17, 15) is 18.0 Å². The maximum absolute atomic E-state index is 14.0. The molecule has 5 fully saturated rings. The van der Waals surface area contributed by atoms with Crippen molar-refractivity contribution < 1.29 is 27.4 Å². The van der Waals surface area contributed by atoms with Gasteiger partial charge in [0, 0.05) is 61.0 Å². The van der Waals surface area contributed by atoms with Gasteiger partial charge in [-0.05, 0) is 92.7 Å². The molecule has 0 bridgehead atoms. The van der Waals surface area contributed by atoms with Gasteiger partial charge in [-0.2, -0.15) is 23.3 Å². The van der Waals surface area contributed by atoms with Gasteiger partial charge in [-0.3, -0.25) is 9.89 Å². The minimum Gasteiger partial charge on any atom is -0.481 e.